The number of aromatic nitrogens is 2. The monoisotopic (exact) mass is 405 g/mol. The lowest BCUT2D eigenvalue weighted by molar-refractivity contribution is -0.137. The van der Waals surface area contributed by atoms with Crippen molar-refractivity contribution in [2.75, 3.05) is 13.2 Å². The van der Waals surface area contributed by atoms with E-state index in [1.165, 1.54) is 0 Å². The van der Waals surface area contributed by atoms with E-state index in [1.54, 1.807) is 0 Å². The second kappa shape index (κ2) is 8.64. The number of pyridine rings is 2. The fraction of sp³-hybridized carbons (Fsp3) is 0.188. The topological polar surface area (TPSA) is 64.1 Å². The molecule has 142 valence electrons. The van der Waals surface area contributed by atoms with E-state index >= 15 is 0 Å². The van der Waals surface area contributed by atoms with Crippen molar-refractivity contribution in [3.05, 3.63) is 52.4 Å². The molecule has 2 heterocycles. The average Bonchev–Trinajstić information content (AvgIpc) is 2.58. The van der Waals surface area contributed by atoms with Gasteiger partial charge in [-0.2, -0.15) is 17.6 Å². The van der Waals surface area contributed by atoms with Gasteiger partial charge >= 0.3 is 6.18 Å². The summed E-state index contributed by atoms with van der Waals surface area (Å²) in [5.74, 6) is 1.72. The standard InChI is InChI=1S/C16H9ClF5N3O2/c17-11-5-9(16(20,21)22)7-25-15(11)27-4-2-1-3-23-14(26)10-8-24-13(19)6-12(10)18/h5-8H,3-4H2,(H,23,26). The summed E-state index contributed by atoms with van der Waals surface area (Å²) in [6, 6.07) is 1.14. The molecule has 2 rings (SSSR count). The fourth-order valence-corrected chi connectivity index (χ4v) is 1.92. The number of nitrogens with one attached hydrogen (secondary N) is 1. The molecule has 0 aromatic carbocycles. The second-order valence-corrected chi connectivity index (χ2v) is 5.23. The van der Waals surface area contributed by atoms with Crippen LogP contribution in [0.1, 0.15) is 15.9 Å². The molecule has 0 aliphatic rings. The molecular weight excluding hydrogens is 397 g/mol. The van der Waals surface area contributed by atoms with Gasteiger partial charge in [-0.25, -0.2) is 14.4 Å². The average molecular weight is 406 g/mol. The van der Waals surface area contributed by atoms with Crippen molar-refractivity contribution in [2.24, 2.45) is 0 Å². The second-order valence-electron chi connectivity index (χ2n) is 4.82. The number of ether oxygens (including phenoxy) is 1. The van der Waals surface area contributed by atoms with Crippen LogP contribution < -0.4 is 10.1 Å². The third-order valence-corrected chi connectivity index (χ3v) is 3.21. The summed E-state index contributed by atoms with van der Waals surface area (Å²) in [6.45, 7) is -0.451. The highest BCUT2D eigenvalue weighted by atomic mass is 35.5. The maximum Gasteiger partial charge on any atom is 0.417 e. The molecule has 0 aliphatic heterocycles. The van der Waals surface area contributed by atoms with Crippen molar-refractivity contribution in [3.63, 3.8) is 0 Å². The highest BCUT2D eigenvalue weighted by molar-refractivity contribution is 6.31. The highest BCUT2D eigenvalue weighted by Gasteiger charge is 2.31. The molecule has 1 N–H and O–H groups in total. The van der Waals surface area contributed by atoms with Crippen LogP contribution in [0.4, 0.5) is 22.0 Å². The van der Waals surface area contributed by atoms with Gasteiger partial charge in [0.15, 0.2) is 6.61 Å². The number of amides is 1. The van der Waals surface area contributed by atoms with Crippen molar-refractivity contribution in [1.29, 1.82) is 0 Å². The number of nitrogens with zero attached hydrogens (tertiary/aromatic N) is 2. The molecule has 0 radical (unpaired) electrons. The van der Waals surface area contributed by atoms with Gasteiger partial charge in [-0.15, -0.1) is 0 Å². The lowest BCUT2D eigenvalue weighted by atomic mass is 10.2. The van der Waals surface area contributed by atoms with E-state index in [2.05, 4.69) is 27.1 Å². The Bertz CT molecular complexity index is 909. The molecule has 0 fully saturated rings. The fourth-order valence-electron chi connectivity index (χ4n) is 1.70. The SMILES string of the molecule is O=C(NCC#CCOc1ncc(C(F)(F)F)cc1Cl)c1cnc(F)cc1F. The molecular formula is C16H9ClF5N3O2. The van der Waals surface area contributed by atoms with Crippen LogP contribution in [0.25, 0.3) is 0 Å². The van der Waals surface area contributed by atoms with Crippen LogP contribution in [-0.4, -0.2) is 29.0 Å². The first kappa shape index (κ1) is 20.4. The van der Waals surface area contributed by atoms with Gasteiger partial charge in [0.1, 0.15) is 10.8 Å². The molecule has 1 amide bonds. The molecule has 27 heavy (non-hydrogen) atoms. The zero-order chi connectivity index (χ0) is 20.0. The maximum atomic E-state index is 13.4. The van der Waals surface area contributed by atoms with Gasteiger partial charge < -0.3 is 10.1 Å². The molecule has 0 saturated heterocycles. The Morgan fingerprint density at radius 3 is 2.56 bits per heavy atom. The van der Waals surface area contributed by atoms with Gasteiger partial charge in [0.05, 0.1) is 17.7 Å². The molecule has 2 aromatic heterocycles. The smallest absolute Gasteiger partial charge is 0.417 e. The van der Waals surface area contributed by atoms with Crippen LogP contribution in [0.15, 0.2) is 24.5 Å². The number of hydrogen-bond donors (Lipinski definition) is 1. The quantitative estimate of drug-likeness (QED) is 0.482. The van der Waals surface area contributed by atoms with E-state index in [4.69, 9.17) is 16.3 Å². The number of alkyl halides is 3. The van der Waals surface area contributed by atoms with Gasteiger partial charge in [-0.05, 0) is 6.07 Å². The van der Waals surface area contributed by atoms with Crippen LogP contribution in [0.5, 0.6) is 5.88 Å². The summed E-state index contributed by atoms with van der Waals surface area (Å²) in [4.78, 5) is 18.3. The third-order valence-electron chi connectivity index (χ3n) is 2.94. The predicted molar refractivity (Wildman–Crippen MR) is 84.0 cm³/mol. The minimum absolute atomic E-state index is 0.187. The number of carbonyl (C=O) groups is 1. The summed E-state index contributed by atoms with van der Waals surface area (Å²) < 4.78 is 68.5. The van der Waals surface area contributed by atoms with Crippen LogP contribution in [0, 0.1) is 23.6 Å². The molecule has 0 atom stereocenters. The third kappa shape index (κ3) is 5.79. The van der Waals surface area contributed by atoms with Gasteiger partial charge in [-0.1, -0.05) is 23.4 Å². The first-order valence-electron chi connectivity index (χ1n) is 7.09. The lowest BCUT2D eigenvalue weighted by Gasteiger charge is -2.08. The summed E-state index contributed by atoms with van der Waals surface area (Å²) in [6.07, 6.45) is -3.26. The van der Waals surface area contributed by atoms with Crippen molar-refractivity contribution in [3.8, 4) is 17.7 Å². The Hall–Kier alpha value is -2.93. The molecule has 0 unspecified atom stereocenters. The summed E-state index contributed by atoms with van der Waals surface area (Å²) in [7, 11) is 0. The summed E-state index contributed by atoms with van der Waals surface area (Å²) in [5, 5.41) is 1.92. The largest absolute Gasteiger partial charge is 0.463 e. The Kier molecular flexibility index (Phi) is 6.52. The van der Waals surface area contributed by atoms with E-state index in [1.807, 2.05) is 0 Å². The maximum absolute atomic E-state index is 13.4. The number of carbonyl (C=O) groups excluding carboxylic acids is 1. The Morgan fingerprint density at radius 2 is 1.93 bits per heavy atom. The normalized spacial score (nSPS) is 10.7. The highest BCUT2D eigenvalue weighted by Crippen LogP contribution is 2.32. The minimum Gasteiger partial charge on any atom is -0.463 e. The van der Waals surface area contributed by atoms with Gasteiger partial charge in [0.2, 0.25) is 11.8 Å². The zero-order valence-electron chi connectivity index (χ0n) is 13.2. The van der Waals surface area contributed by atoms with Gasteiger partial charge in [0.25, 0.3) is 5.91 Å². The number of halogens is 6. The Labute approximate surface area is 154 Å². The van der Waals surface area contributed by atoms with Crippen LogP contribution in [0.3, 0.4) is 0 Å². The predicted octanol–water partition coefficient (Wildman–Crippen LogP) is 3.24. The van der Waals surface area contributed by atoms with Gasteiger partial charge in [0, 0.05) is 18.5 Å². The van der Waals surface area contributed by atoms with E-state index in [9.17, 15) is 26.7 Å². The molecule has 0 saturated carbocycles. The first-order chi connectivity index (χ1) is 12.7. The van der Waals surface area contributed by atoms with Crippen LogP contribution >= 0.6 is 11.6 Å². The first-order valence-corrected chi connectivity index (χ1v) is 7.47. The molecule has 5 nitrogen and oxygen atoms in total. The van der Waals surface area contributed by atoms with Crippen molar-refractivity contribution in [2.45, 2.75) is 6.18 Å². The molecule has 0 aliphatic carbocycles. The summed E-state index contributed by atoms with van der Waals surface area (Å²) in [5.41, 5.74) is -1.47. The van der Waals surface area contributed by atoms with Crippen molar-refractivity contribution < 1.29 is 31.5 Å². The number of hydrogen-bond acceptors (Lipinski definition) is 4. The van der Waals surface area contributed by atoms with Crippen LogP contribution in [0.2, 0.25) is 5.02 Å². The Morgan fingerprint density at radius 1 is 1.19 bits per heavy atom. The van der Waals surface area contributed by atoms with E-state index in [0.29, 0.717) is 18.3 Å². The molecule has 11 heteroatoms. The van der Waals surface area contributed by atoms with E-state index in [0.717, 1.165) is 6.20 Å². The van der Waals surface area contributed by atoms with Crippen molar-refractivity contribution in [1.82, 2.24) is 15.3 Å². The van der Waals surface area contributed by atoms with E-state index in [-0.39, 0.29) is 24.1 Å². The van der Waals surface area contributed by atoms with Crippen molar-refractivity contribution >= 4 is 17.5 Å². The summed E-state index contributed by atoms with van der Waals surface area (Å²) >= 11 is 5.65. The lowest BCUT2D eigenvalue weighted by Crippen LogP contribution is -2.25. The molecule has 2 aromatic rings. The zero-order valence-corrected chi connectivity index (χ0v) is 14.0. The van der Waals surface area contributed by atoms with E-state index < -0.39 is 35.0 Å². The number of rotatable bonds is 4. The molecule has 0 bridgehead atoms. The minimum atomic E-state index is -4.58. The Balaban J connectivity index is 1.83. The molecule has 0 spiro atoms. The van der Waals surface area contributed by atoms with Gasteiger partial charge in [-0.3, -0.25) is 4.79 Å². The van der Waals surface area contributed by atoms with Crippen LogP contribution in [-0.2, 0) is 6.18 Å².